The lowest BCUT2D eigenvalue weighted by molar-refractivity contribution is 0.519. The first kappa shape index (κ1) is 9.07. The molecule has 0 saturated carbocycles. The summed E-state index contributed by atoms with van der Waals surface area (Å²) in [4.78, 5) is 0. The quantitative estimate of drug-likeness (QED) is 0.740. The highest BCUT2D eigenvalue weighted by Crippen LogP contribution is 2.17. The zero-order valence-corrected chi connectivity index (χ0v) is 7.68. The Morgan fingerprint density at radius 3 is 2.83 bits per heavy atom. The molecule has 66 valence electrons. The van der Waals surface area contributed by atoms with Crippen molar-refractivity contribution in [3.63, 3.8) is 0 Å². The zero-order valence-electron chi connectivity index (χ0n) is 7.68. The summed E-state index contributed by atoms with van der Waals surface area (Å²) in [6.45, 7) is 6.82. The summed E-state index contributed by atoms with van der Waals surface area (Å²) in [6, 6.07) is 3.92. The van der Waals surface area contributed by atoms with Crippen molar-refractivity contribution in [2.75, 3.05) is 13.6 Å². The molecule has 0 aliphatic heterocycles. The van der Waals surface area contributed by atoms with Gasteiger partial charge in [-0.25, -0.2) is 0 Å². The van der Waals surface area contributed by atoms with Crippen LogP contribution in [0.1, 0.15) is 17.9 Å². The minimum absolute atomic E-state index is 0.905. The summed E-state index contributed by atoms with van der Waals surface area (Å²) in [5, 5.41) is 3.07. The molecule has 0 aliphatic rings. The normalized spacial score (nSPS) is 10.2. The highest BCUT2D eigenvalue weighted by molar-refractivity contribution is 5.58. The molecule has 0 radical (unpaired) electrons. The van der Waals surface area contributed by atoms with Gasteiger partial charge in [-0.15, -0.1) is 0 Å². The number of nitrogens with one attached hydrogen (secondary N) is 1. The fraction of sp³-hybridized carbons (Fsp3) is 0.400. The molecule has 12 heavy (non-hydrogen) atoms. The Labute approximate surface area is 73.3 Å². The van der Waals surface area contributed by atoms with Gasteiger partial charge in [0, 0.05) is 0 Å². The van der Waals surface area contributed by atoms with Crippen LogP contribution in [0.5, 0.6) is 0 Å². The van der Waals surface area contributed by atoms with Gasteiger partial charge in [-0.3, -0.25) is 0 Å². The molecule has 0 aromatic carbocycles. The van der Waals surface area contributed by atoms with Crippen molar-refractivity contribution >= 4 is 5.57 Å². The Hall–Kier alpha value is -1.02. The molecule has 0 saturated heterocycles. The second-order valence-electron chi connectivity index (χ2n) is 2.87. The van der Waals surface area contributed by atoms with Crippen molar-refractivity contribution in [3.8, 4) is 0 Å². The van der Waals surface area contributed by atoms with Gasteiger partial charge in [0.1, 0.15) is 11.5 Å². The minimum atomic E-state index is 0.905. The molecule has 1 aromatic rings. The van der Waals surface area contributed by atoms with E-state index in [9.17, 15) is 0 Å². The summed E-state index contributed by atoms with van der Waals surface area (Å²) >= 11 is 0. The smallest absolute Gasteiger partial charge is 0.129 e. The third-order valence-corrected chi connectivity index (χ3v) is 1.77. The molecule has 1 N–H and O–H groups in total. The molecular formula is C10H15NO. The van der Waals surface area contributed by atoms with Gasteiger partial charge in [0.05, 0.1) is 0 Å². The maximum absolute atomic E-state index is 5.42. The Morgan fingerprint density at radius 1 is 1.58 bits per heavy atom. The molecule has 2 nitrogen and oxygen atoms in total. The van der Waals surface area contributed by atoms with E-state index in [4.69, 9.17) is 4.42 Å². The highest BCUT2D eigenvalue weighted by atomic mass is 16.3. The lowest BCUT2D eigenvalue weighted by Gasteiger charge is -2.00. The Morgan fingerprint density at radius 2 is 2.33 bits per heavy atom. The molecule has 2 heteroatoms. The molecule has 1 rings (SSSR count). The first-order chi connectivity index (χ1) is 5.74. The summed E-state index contributed by atoms with van der Waals surface area (Å²) in [5.41, 5.74) is 1.05. The number of furan rings is 1. The molecule has 1 heterocycles. The first-order valence-electron chi connectivity index (χ1n) is 4.13. The van der Waals surface area contributed by atoms with Crippen molar-refractivity contribution < 1.29 is 4.42 Å². The molecule has 1 aromatic heterocycles. The standard InChI is InChI=1S/C10H15NO/c1-8(6-7-11-3)10-5-4-9(2)12-10/h4-5,11H,1,6-7H2,2-3H3. The van der Waals surface area contributed by atoms with E-state index in [1.165, 1.54) is 0 Å². The van der Waals surface area contributed by atoms with Crippen molar-refractivity contribution in [1.29, 1.82) is 0 Å². The third-order valence-electron chi connectivity index (χ3n) is 1.77. The summed E-state index contributed by atoms with van der Waals surface area (Å²) in [7, 11) is 1.93. The average molecular weight is 165 g/mol. The van der Waals surface area contributed by atoms with E-state index in [2.05, 4.69) is 11.9 Å². The van der Waals surface area contributed by atoms with E-state index >= 15 is 0 Å². The summed E-state index contributed by atoms with van der Waals surface area (Å²) in [6.07, 6.45) is 0.934. The second-order valence-corrected chi connectivity index (χ2v) is 2.87. The SMILES string of the molecule is C=C(CCNC)c1ccc(C)o1. The van der Waals surface area contributed by atoms with Crippen LogP contribution < -0.4 is 5.32 Å². The van der Waals surface area contributed by atoms with E-state index in [0.717, 1.165) is 30.1 Å². The van der Waals surface area contributed by atoms with E-state index in [1.807, 2.05) is 26.1 Å². The van der Waals surface area contributed by atoms with Crippen LogP contribution in [0.4, 0.5) is 0 Å². The highest BCUT2D eigenvalue weighted by Gasteiger charge is 2.01. The van der Waals surface area contributed by atoms with Crippen molar-refractivity contribution in [2.45, 2.75) is 13.3 Å². The predicted octanol–water partition coefficient (Wildman–Crippen LogP) is 2.21. The van der Waals surface area contributed by atoms with Gasteiger partial charge < -0.3 is 9.73 Å². The van der Waals surface area contributed by atoms with Crippen LogP contribution in [0, 0.1) is 6.92 Å². The molecule has 0 aliphatic carbocycles. The number of hydrogen-bond acceptors (Lipinski definition) is 2. The number of aryl methyl sites for hydroxylation is 1. The fourth-order valence-corrected chi connectivity index (χ4v) is 1.02. The van der Waals surface area contributed by atoms with Gasteiger partial charge in [-0.1, -0.05) is 6.58 Å². The largest absolute Gasteiger partial charge is 0.462 e. The van der Waals surface area contributed by atoms with Gasteiger partial charge in [0.15, 0.2) is 0 Å². The maximum atomic E-state index is 5.42. The molecule has 0 bridgehead atoms. The first-order valence-corrected chi connectivity index (χ1v) is 4.13. The van der Waals surface area contributed by atoms with Gasteiger partial charge in [0.25, 0.3) is 0 Å². The van der Waals surface area contributed by atoms with Crippen LogP contribution in [0.2, 0.25) is 0 Å². The van der Waals surface area contributed by atoms with Crippen molar-refractivity contribution in [1.82, 2.24) is 5.32 Å². The third kappa shape index (κ3) is 2.24. The monoisotopic (exact) mass is 165 g/mol. The van der Waals surface area contributed by atoms with Gasteiger partial charge in [-0.2, -0.15) is 0 Å². The maximum Gasteiger partial charge on any atom is 0.129 e. The van der Waals surface area contributed by atoms with Crippen molar-refractivity contribution in [3.05, 3.63) is 30.2 Å². The molecular weight excluding hydrogens is 150 g/mol. The van der Waals surface area contributed by atoms with Gasteiger partial charge >= 0.3 is 0 Å². The molecule has 0 atom stereocenters. The molecule has 0 fully saturated rings. The molecule has 0 unspecified atom stereocenters. The lowest BCUT2D eigenvalue weighted by atomic mass is 10.2. The fourth-order valence-electron chi connectivity index (χ4n) is 1.02. The number of rotatable bonds is 4. The average Bonchev–Trinajstić information content (AvgIpc) is 2.47. The van der Waals surface area contributed by atoms with Gasteiger partial charge in [0.2, 0.25) is 0 Å². The van der Waals surface area contributed by atoms with E-state index < -0.39 is 0 Å². The van der Waals surface area contributed by atoms with Crippen LogP contribution >= 0.6 is 0 Å². The Balaban J connectivity index is 2.53. The van der Waals surface area contributed by atoms with E-state index in [-0.39, 0.29) is 0 Å². The number of hydrogen-bond donors (Lipinski definition) is 1. The minimum Gasteiger partial charge on any atom is -0.462 e. The molecule has 0 spiro atoms. The van der Waals surface area contributed by atoms with Crippen LogP contribution in [0.25, 0.3) is 5.57 Å². The van der Waals surface area contributed by atoms with Gasteiger partial charge in [-0.05, 0) is 44.6 Å². The van der Waals surface area contributed by atoms with Crippen LogP contribution in [0.15, 0.2) is 23.1 Å². The predicted molar refractivity (Wildman–Crippen MR) is 51.0 cm³/mol. The zero-order chi connectivity index (χ0) is 8.97. The summed E-state index contributed by atoms with van der Waals surface area (Å²) < 4.78 is 5.42. The van der Waals surface area contributed by atoms with Crippen LogP contribution in [0.3, 0.4) is 0 Å². The van der Waals surface area contributed by atoms with E-state index in [0.29, 0.717) is 0 Å². The van der Waals surface area contributed by atoms with Crippen molar-refractivity contribution in [2.24, 2.45) is 0 Å². The lowest BCUT2D eigenvalue weighted by Crippen LogP contribution is -2.07. The second kappa shape index (κ2) is 4.12. The topological polar surface area (TPSA) is 25.2 Å². The Kier molecular flexibility index (Phi) is 3.11. The van der Waals surface area contributed by atoms with Crippen LogP contribution in [-0.4, -0.2) is 13.6 Å². The van der Waals surface area contributed by atoms with E-state index in [1.54, 1.807) is 0 Å². The molecule has 0 amide bonds. The Bertz CT molecular complexity index is 263. The van der Waals surface area contributed by atoms with Crippen LogP contribution in [-0.2, 0) is 0 Å². The summed E-state index contributed by atoms with van der Waals surface area (Å²) in [5.74, 6) is 1.85.